The lowest BCUT2D eigenvalue weighted by Gasteiger charge is -2.22. The normalized spacial score (nSPS) is 29.5. The molecule has 0 N–H and O–H groups in total. The molecule has 11 heavy (non-hydrogen) atoms. The second kappa shape index (κ2) is 2.76. The van der Waals surface area contributed by atoms with E-state index >= 15 is 0 Å². The van der Waals surface area contributed by atoms with Crippen molar-refractivity contribution in [3.63, 3.8) is 0 Å². The van der Waals surface area contributed by atoms with Crippen LogP contribution in [0.4, 0.5) is 0 Å². The van der Waals surface area contributed by atoms with Gasteiger partial charge in [0.1, 0.15) is 6.79 Å². The van der Waals surface area contributed by atoms with Gasteiger partial charge >= 0.3 is 0 Å². The van der Waals surface area contributed by atoms with Crippen molar-refractivity contribution in [2.45, 2.75) is 51.7 Å². The Bertz CT molecular complexity index is 122. The first kappa shape index (κ1) is 9.01. The summed E-state index contributed by atoms with van der Waals surface area (Å²) >= 11 is 0. The first-order chi connectivity index (χ1) is 4.91. The van der Waals surface area contributed by atoms with Gasteiger partial charge < -0.3 is 9.47 Å². The van der Waals surface area contributed by atoms with Crippen molar-refractivity contribution in [1.29, 1.82) is 0 Å². The molecule has 1 fully saturated rings. The van der Waals surface area contributed by atoms with Crippen molar-refractivity contribution in [1.82, 2.24) is 0 Å². The Morgan fingerprint density at radius 2 is 1.18 bits per heavy atom. The molecule has 2 heteroatoms. The van der Waals surface area contributed by atoms with E-state index in [-0.39, 0.29) is 11.2 Å². The summed E-state index contributed by atoms with van der Waals surface area (Å²) in [5.74, 6) is 0. The highest BCUT2D eigenvalue weighted by Gasteiger charge is 2.29. The summed E-state index contributed by atoms with van der Waals surface area (Å²) in [5.41, 5.74) is -0.0124. The molecule has 0 aromatic rings. The minimum absolute atomic E-state index is 0.00618. The van der Waals surface area contributed by atoms with Crippen LogP contribution in [0.5, 0.6) is 0 Å². The van der Waals surface area contributed by atoms with Crippen LogP contribution in [-0.4, -0.2) is 18.0 Å². The molecule has 0 unspecified atom stereocenters. The van der Waals surface area contributed by atoms with E-state index in [0.717, 1.165) is 12.8 Å². The monoisotopic (exact) mass is 158 g/mol. The van der Waals surface area contributed by atoms with Crippen LogP contribution in [0.1, 0.15) is 40.5 Å². The standard InChI is InChI=1S/C9H18O2/c1-8(2)5-6-9(3,4)11-7-10-8/h5-7H2,1-4H3. The fraction of sp³-hybridized carbons (Fsp3) is 1.00. The van der Waals surface area contributed by atoms with Crippen molar-refractivity contribution in [3.05, 3.63) is 0 Å². The third-order valence-corrected chi connectivity index (χ3v) is 2.23. The fourth-order valence-corrected chi connectivity index (χ4v) is 1.09. The summed E-state index contributed by atoms with van der Waals surface area (Å²) in [7, 11) is 0. The van der Waals surface area contributed by atoms with E-state index in [2.05, 4.69) is 27.7 Å². The smallest absolute Gasteiger partial charge is 0.148 e. The van der Waals surface area contributed by atoms with E-state index in [0.29, 0.717) is 6.79 Å². The summed E-state index contributed by atoms with van der Waals surface area (Å²) in [6.07, 6.45) is 2.14. The highest BCUT2D eigenvalue weighted by atomic mass is 16.7. The number of hydrogen-bond donors (Lipinski definition) is 0. The molecular weight excluding hydrogens is 140 g/mol. The van der Waals surface area contributed by atoms with E-state index in [1.807, 2.05) is 0 Å². The van der Waals surface area contributed by atoms with Gasteiger partial charge in [-0.3, -0.25) is 0 Å². The highest BCUT2D eigenvalue weighted by molar-refractivity contribution is 4.78. The van der Waals surface area contributed by atoms with Crippen molar-refractivity contribution in [2.24, 2.45) is 0 Å². The quantitative estimate of drug-likeness (QED) is 0.538. The van der Waals surface area contributed by atoms with E-state index in [9.17, 15) is 0 Å². The second-order valence-electron chi connectivity index (χ2n) is 4.43. The number of ether oxygens (including phenoxy) is 2. The maximum absolute atomic E-state index is 5.50. The molecule has 1 saturated heterocycles. The summed E-state index contributed by atoms with van der Waals surface area (Å²) in [6, 6.07) is 0. The lowest BCUT2D eigenvalue weighted by molar-refractivity contribution is -0.145. The van der Waals surface area contributed by atoms with Crippen molar-refractivity contribution < 1.29 is 9.47 Å². The fourth-order valence-electron chi connectivity index (χ4n) is 1.09. The van der Waals surface area contributed by atoms with Crippen LogP contribution in [0.15, 0.2) is 0 Å². The minimum atomic E-state index is -0.00618. The van der Waals surface area contributed by atoms with Gasteiger partial charge in [-0.2, -0.15) is 0 Å². The van der Waals surface area contributed by atoms with Crippen LogP contribution in [0.3, 0.4) is 0 Å². The van der Waals surface area contributed by atoms with Gasteiger partial charge in [-0.25, -0.2) is 0 Å². The first-order valence-corrected chi connectivity index (χ1v) is 4.19. The lowest BCUT2D eigenvalue weighted by Crippen LogP contribution is -2.23. The van der Waals surface area contributed by atoms with Crippen LogP contribution in [0, 0.1) is 0 Å². The van der Waals surface area contributed by atoms with Gasteiger partial charge in [-0.05, 0) is 40.5 Å². The molecule has 0 aromatic carbocycles. The maximum Gasteiger partial charge on any atom is 0.148 e. The third-order valence-electron chi connectivity index (χ3n) is 2.23. The molecular formula is C9H18O2. The molecule has 1 heterocycles. The highest BCUT2D eigenvalue weighted by Crippen LogP contribution is 2.28. The summed E-state index contributed by atoms with van der Waals surface area (Å²) in [5, 5.41) is 0. The average molecular weight is 158 g/mol. The molecule has 0 saturated carbocycles. The molecule has 0 aromatic heterocycles. The molecule has 2 nitrogen and oxygen atoms in total. The number of rotatable bonds is 0. The van der Waals surface area contributed by atoms with Gasteiger partial charge in [0.25, 0.3) is 0 Å². The zero-order valence-corrected chi connectivity index (χ0v) is 7.94. The van der Waals surface area contributed by atoms with Crippen molar-refractivity contribution >= 4 is 0 Å². The average Bonchev–Trinajstić information content (AvgIpc) is 1.92. The number of hydrogen-bond acceptors (Lipinski definition) is 2. The van der Waals surface area contributed by atoms with E-state index < -0.39 is 0 Å². The summed E-state index contributed by atoms with van der Waals surface area (Å²) in [6.45, 7) is 8.87. The molecule has 66 valence electrons. The van der Waals surface area contributed by atoms with Gasteiger partial charge in [0, 0.05) is 0 Å². The van der Waals surface area contributed by atoms with Gasteiger partial charge in [0.2, 0.25) is 0 Å². The third kappa shape index (κ3) is 2.80. The topological polar surface area (TPSA) is 18.5 Å². The molecule has 0 aliphatic carbocycles. The molecule has 1 aliphatic rings. The Labute approximate surface area is 68.9 Å². The largest absolute Gasteiger partial charge is 0.350 e. The molecule has 0 spiro atoms. The zero-order valence-electron chi connectivity index (χ0n) is 7.94. The Morgan fingerprint density at radius 3 is 1.55 bits per heavy atom. The van der Waals surface area contributed by atoms with Crippen LogP contribution in [0.25, 0.3) is 0 Å². The first-order valence-electron chi connectivity index (χ1n) is 4.19. The van der Waals surface area contributed by atoms with Crippen LogP contribution in [0.2, 0.25) is 0 Å². The van der Waals surface area contributed by atoms with Gasteiger partial charge in [0.15, 0.2) is 0 Å². The molecule has 0 radical (unpaired) electrons. The zero-order chi connectivity index (χ0) is 8.54. The van der Waals surface area contributed by atoms with Gasteiger partial charge in [-0.1, -0.05) is 0 Å². The van der Waals surface area contributed by atoms with Gasteiger partial charge in [0.05, 0.1) is 11.2 Å². The van der Waals surface area contributed by atoms with Crippen LogP contribution in [-0.2, 0) is 9.47 Å². The van der Waals surface area contributed by atoms with Crippen LogP contribution >= 0.6 is 0 Å². The lowest BCUT2D eigenvalue weighted by atomic mass is 9.94. The Morgan fingerprint density at radius 1 is 0.818 bits per heavy atom. The Hall–Kier alpha value is -0.0800. The van der Waals surface area contributed by atoms with E-state index in [4.69, 9.17) is 9.47 Å². The van der Waals surface area contributed by atoms with Gasteiger partial charge in [-0.15, -0.1) is 0 Å². The van der Waals surface area contributed by atoms with Crippen molar-refractivity contribution in [3.8, 4) is 0 Å². The molecule has 0 bridgehead atoms. The summed E-state index contributed by atoms with van der Waals surface area (Å²) < 4.78 is 11.0. The van der Waals surface area contributed by atoms with E-state index in [1.165, 1.54) is 0 Å². The molecule has 1 rings (SSSR count). The summed E-state index contributed by atoms with van der Waals surface area (Å²) in [4.78, 5) is 0. The minimum Gasteiger partial charge on any atom is -0.350 e. The van der Waals surface area contributed by atoms with Crippen molar-refractivity contribution in [2.75, 3.05) is 6.79 Å². The Kier molecular flexibility index (Phi) is 2.26. The Balaban J connectivity index is 2.53. The predicted octanol–water partition coefficient (Wildman–Crippen LogP) is 2.33. The molecule has 1 aliphatic heterocycles. The van der Waals surface area contributed by atoms with E-state index in [1.54, 1.807) is 0 Å². The molecule has 0 amide bonds. The predicted molar refractivity (Wildman–Crippen MR) is 44.4 cm³/mol. The maximum atomic E-state index is 5.50. The SMILES string of the molecule is CC1(C)CCC(C)(C)OCO1. The second-order valence-corrected chi connectivity index (χ2v) is 4.43. The van der Waals surface area contributed by atoms with Crippen LogP contribution < -0.4 is 0 Å². The molecule has 0 atom stereocenters.